The Morgan fingerprint density at radius 1 is 1.33 bits per heavy atom. The van der Waals surface area contributed by atoms with Crippen molar-refractivity contribution in [3.8, 4) is 5.75 Å². The summed E-state index contributed by atoms with van der Waals surface area (Å²) in [6.45, 7) is 3.13. The van der Waals surface area contributed by atoms with E-state index in [1.807, 2.05) is 24.0 Å². The third-order valence-electron chi connectivity index (χ3n) is 5.91. The largest absolute Gasteiger partial charge is 0.497 e. The Morgan fingerprint density at radius 2 is 2.11 bits per heavy atom. The number of fused-ring (bicyclic) bond motifs is 1. The Labute approximate surface area is 158 Å². The van der Waals surface area contributed by atoms with Crippen molar-refractivity contribution in [2.24, 2.45) is 5.92 Å². The van der Waals surface area contributed by atoms with Crippen LogP contribution in [0.25, 0.3) is 11.0 Å². The zero-order valence-corrected chi connectivity index (χ0v) is 15.9. The van der Waals surface area contributed by atoms with Crippen molar-refractivity contribution >= 4 is 22.8 Å². The number of hydrogen-bond acceptors (Lipinski definition) is 4. The molecule has 1 aromatic heterocycles. The molecule has 2 amide bonds. The molecule has 1 aromatic carbocycles. The number of hydrogen-bond donors (Lipinski definition) is 1. The molecule has 1 N–H and O–H groups in total. The quantitative estimate of drug-likeness (QED) is 0.877. The van der Waals surface area contributed by atoms with Crippen LogP contribution in [-0.2, 0) is 4.79 Å². The van der Waals surface area contributed by atoms with Crippen LogP contribution in [0, 0.1) is 12.8 Å². The smallest absolute Gasteiger partial charge is 0.287 e. The predicted molar refractivity (Wildman–Crippen MR) is 102 cm³/mol. The zero-order chi connectivity index (χ0) is 19.0. The third kappa shape index (κ3) is 3.40. The number of nitrogens with one attached hydrogen (secondary N) is 1. The summed E-state index contributed by atoms with van der Waals surface area (Å²) < 4.78 is 11.0. The fourth-order valence-corrected chi connectivity index (χ4v) is 4.38. The molecule has 1 atom stereocenters. The Kier molecular flexibility index (Phi) is 4.81. The van der Waals surface area contributed by atoms with Crippen molar-refractivity contribution in [3.05, 3.63) is 29.5 Å². The Hall–Kier alpha value is -2.50. The van der Waals surface area contributed by atoms with E-state index < -0.39 is 0 Å². The van der Waals surface area contributed by atoms with Gasteiger partial charge in [0.25, 0.3) is 5.91 Å². The molecule has 1 unspecified atom stereocenters. The highest BCUT2D eigenvalue weighted by Crippen LogP contribution is 2.30. The molecule has 6 heteroatoms. The number of benzene rings is 1. The van der Waals surface area contributed by atoms with Gasteiger partial charge < -0.3 is 19.4 Å². The minimum atomic E-state index is -0.227. The molecule has 0 bridgehead atoms. The highest BCUT2D eigenvalue weighted by atomic mass is 16.5. The molecule has 2 fully saturated rings. The lowest BCUT2D eigenvalue weighted by Crippen LogP contribution is -2.36. The average molecular weight is 370 g/mol. The molecule has 0 spiro atoms. The second-order valence-corrected chi connectivity index (χ2v) is 7.68. The van der Waals surface area contributed by atoms with Gasteiger partial charge in [0, 0.05) is 48.5 Å². The maximum atomic E-state index is 12.6. The number of aryl methyl sites for hydroxylation is 1. The number of amides is 2. The van der Waals surface area contributed by atoms with Gasteiger partial charge in [-0.15, -0.1) is 0 Å². The normalized spacial score (nSPS) is 20.6. The Balaban J connectivity index is 1.40. The minimum absolute atomic E-state index is 0.173. The Morgan fingerprint density at radius 3 is 2.85 bits per heavy atom. The fourth-order valence-electron chi connectivity index (χ4n) is 4.38. The zero-order valence-electron chi connectivity index (χ0n) is 15.9. The van der Waals surface area contributed by atoms with E-state index in [2.05, 4.69) is 5.32 Å². The lowest BCUT2D eigenvalue weighted by Gasteiger charge is -2.24. The number of likely N-dealkylation sites (tertiary alicyclic amines) is 1. The van der Waals surface area contributed by atoms with E-state index >= 15 is 0 Å². The van der Waals surface area contributed by atoms with Gasteiger partial charge in [0.05, 0.1) is 7.11 Å². The number of nitrogens with zero attached hydrogens (tertiary/aromatic N) is 1. The SMILES string of the molecule is COc1ccc2c(C)c(C(=O)NCC3CC(=O)N(C4CCCC4)C3)oc2c1. The molecule has 1 saturated carbocycles. The van der Waals surface area contributed by atoms with Crippen molar-refractivity contribution in [2.45, 2.75) is 45.1 Å². The molecule has 1 saturated heterocycles. The number of methoxy groups -OCH3 is 1. The van der Waals surface area contributed by atoms with Crippen LogP contribution < -0.4 is 10.1 Å². The highest BCUT2D eigenvalue weighted by Gasteiger charge is 2.35. The molecule has 4 rings (SSSR count). The van der Waals surface area contributed by atoms with Crippen molar-refractivity contribution in [1.29, 1.82) is 0 Å². The van der Waals surface area contributed by atoms with Crippen LogP contribution in [0.3, 0.4) is 0 Å². The van der Waals surface area contributed by atoms with Crippen LogP contribution in [-0.4, -0.2) is 43.0 Å². The van der Waals surface area contributed by atoms with Crippen LogP contribution >= 0.6 is 0 Å². The molecular weight excluding hydrogens is 344 g/mol. The summed E-state index contributed by atoms with van der Waals surface area (Å²) in [4.78, 5) is 27.0. The molecule has 2 aromatic rings. The first-order valence-electron chi connectivity index (χ1n) is 9.71. The second kappa shape index (κ2) is 7.25. The van der Waals surface area contributed by atoms with Crippen LogP contribution in [0.2, 0.25) is 0 Å². The van der Waals surface area contributed by atoms with Crippen LogP contribution in [0.5, 0.6) is 5.75 Å². The first-order chi connectivity index (χ1) is 13.1. The van der Waals surface area contributed by atoms with E-state index in [-0.39, 0.29) is 17.7 Å². The van der Waals surface area contributed by atoms with Crippen LogP contribution in [0.1, 0.15) is 48.2 Å². The maximum Gasteiger partial charge on any atom is 0.287 e. The van der Waals surface area contributed by atoms with Crippen LogP contribution in [0.4, 0.5) is 0 Å². The van der Waals surface area contributed by atoms with Gasteiger partial charge in [-0.3, -0.25) is 9.59 Å². The molecular formula is C21H26N2O4. The molecule has 6 nitrogen and oxygen atoms in total. The first-order valence-corrected chi connectivity index (χ1v) is 9.71. The number of rotatable bonds is 5. The van der Waals surface area contributed by atoms with Crippen molar-refractivity contribution in [3.63, 3.8) is 0 Å². The van der Waals surface area contributed by atoms with E-state index in [4.69, 9.17) is 9.15 Å². The van der Waals surface area contributed by atoms with Gasteiger partial charge in [-0.25, -0.2) is 0 Å². The predicted octanol–water partition coefficient (Wildman–Crippen LogP) is 3.27. The van der Waals surface area contributed by atoms with E-state index in [9.17, 15) is 9.59 Å². The van der Waals surface area contributed by atoms with Gasteiger partial charge >= 0.3 is 0 Å². The lowest BCUT2D eigenvalue weighted by molar-refractivity contribution is -0.129. The average Bonchev–Trinajstić information content (AvgIpc) is 3.39. The molecule has 0 radical (unpaired) electrons. The highest BCUT2D eigenvalue weighted by molar-refractivity contribution is 5.99. The summed E-state index contributed by atoms with van der Waals surface area (Å²) in [5.41, 5.74) is 1.46. The van der Waals surface area contributed by atoms with Gasteiger partial charge in [0.15, 0.2) is 5.76 Å². The second-order valence-electron chi connectivity index (χ2n) is 7.68. The number of carbonyl (C=O) groups excluding carboxylic acids is 2. The molecule has 1 aliphatic carbocycles. The van der Waals surface area contributed by atoms with Gasteiger partial charge in [-0.1, -0.05) is 12.8 Å². The summed E-state index contributed by atoms with van der Waals surface area (Å²) in [5, 5.41) is 3.87. The summed E-state index contributed by atoms with van der Waals surface area (Å²) >= 11 is 0. The van der Waals surface area contributed by atoms with E-state index in [1.165, 1.54) is 12.8 Å². The molecule has 144 valence electrons. The molecule has 2 heterocycles. The standard InChI is InChI=1S/C21H26N2O4/c1-13-17-8-7-16(26-2)10-18(17)27-20(13)21(25)22-11-14-9-19(24)23(12-14)15-5-3-4-6-15/h7-8,10,14-15H,3-6,9,11-12H2,1-2H3,(H,22,25). The van der Waals surface area contributed by atoms with Crippen molar-refractivity contribution in [1.82, 2.24) is 10.2 Å². The summed E-state index contributed by atoms with van der Waals surface area (Å²) in [6, 6.07) is 5.95. The van der Waals surface area contributed by atoms with Crippen molar-refractivity contribution < 1.29 is 18.7 Å². The van der Waals surface area contributed by atoms with Gasteiger partial charge in [0.1, 0.15) is 11.3 Å². The lowest BCUT2D eigenvalue weighted by atomic mass is 10.1. The monoisotopic (exact) mass is 370 g/mol. The summed E-state index contributed by atoms with van der Waals surface area (Å²) in [7, 11) is 1.60. The Bertz CT molecular complexity index is 866. The van der Waals surface area contributed by atoms with Crippen molar-refractivity contribution in [2.75, 3.05) is 20.2 Å². The third-order valence-corrected chi connectivity index (χ3v) is 5.91. The minimum Gasteiger partial charge on any atom is -0.497 e. The summed E-state index contributed by atoms with van der Waals surface area (Å²) in [5.74, 6) is 1.20. The van der Waals surface area contributed by atoms with Gasteiger partial charge in [-0.05, 0) is 31.9 Å². The number of furan rings is 1. The van der Waals surface area contributed by atoms with E-state index in [0.29, 0.717) is 36.1 Å². The van der Waals surface area contributed by atoms with Gasteiger partial charge in [0.2, 0.25) is 5.91 Å². The number of ether oxygens (including phenoxy) is 1. The first kappa shape index (κ1) is 17.9. The topological polar surface area (TPSA) is 71.8 Å². The number of carbonyl (C=O) groups is 2. The summed E-state index contributed by atoms with van der Waals surface area (Å²) in [6.07, 6.45) is 5.18. The molecule has 1 aliphatic heterocycles. The van der Waals surface area contributed by atoms with E-state index in [0.717, 1.165) is 30.3 Å². The van der Waals surface area contributed by atoms with E-state index in [1.54, 1.807) is 13.2 Å². The van der Waals surface area contributed by atoms with Crippen LogP contribution in [0.15, 0.2) is 22.6 Å². The molecule has 27 heavy (non-hydrogen) atoms. The fraction of sp³-hybridized carbons (Fsp3) is 0.524. The molecule has 2 aliphatic rings. The maximum absolute atomic E-state index is 12.6. The van der Waals surface area contributed by atoms with Gasteiger partial charge in [-0.2, -0.15) is 0 Å².